The van der Waals surface area contributed by atoms with Gasteiger partial charge in [0.15, 0.2) is 11.6 Å². The zero-order valence-corrected chi connectivity index (χ0v) is 29.0. The fraction of sp³-hybridized carbons (Fsp3) is 0.300. The lowest BCUT2D eigenvalue weighted by atomic mass is 9.97. The third-order valence-corrected chi connectivity index (χ3v) is 8.50. The highest BCUT2D eigenvalue weighted by Gasteiger charge is 2.23. The van der Waals surface area contributed by atoms with Crippen LogP contribution in [0, 0.1) is 0 Å². The van der Waals surface area contributed by atoms with E-state index in [0.29, 0.717) is 12.8 Å². The molecule has 0 saturated heterocycles. The minimum absolute atomic E-state index is 0.0144. The van der Waals surface area contributed by atoms with Gasteiger partial charge in [0.25, 0.3) is 0 Å². The Bertz CT molecular complexity index is 1700. The number of benzene rings is 4. The number of phenolic OH excluding ortho intramolecular Hbond substituents is 2. The van der Waals surface area contributed by atoms with Crippen LogP contribution in [0.2, 0.25) is 0 Å². The van der Waals surface area contributed by atoms with Crippen LogP contribution in [0.25, 0.3) is 0 Å². The van der Waals surface area contributed by atoms with Crippen LogP contribution in [0.5, 0.6) is 11.5 Å². The molecule has 0 unspecified atom stereocenters. The number of phenols is 2. The summed E-state index contributed by atoms with van der Waals surface area (Å²) in [5.74, 6) is -2.73. The lowest BCUT2D eigenvalue weighted by Gasteiger charge is -2.21. The molecule has 0 atom stereocenters. The molecule has 0 aliphatic heterocycles. The molecule has 0 amide bonds. The summed E-state index contributed by atoms with van der Waals surface area (Å²) in [6.45, 7) is 11.0. The van der Waals surface area contributed by atoms with E-state index in [2.05, 4.69) is 0 Å². The van der Waals surface area contributed by atoms with Gasteiger partial charge in [-0.3, -0.25) is 9.59 Å². The maximum absolute atomic E-state index is 13.4. The molecule has 50 heavy (non-hydrogen) atoms. The molecule has 0 spiro atoms. The van der Waals surface area contributed by atoms with Gasteiger partial charge in [0.1, 0.15) is 11.5 Å². The van der Waals surface area contributed by atoms with E-state index in [1.165, 1.54) is 24.3 Å². The molecule has 0 aliphatic carbocycles. The molecular formula is C40H44N2O8. The van der Waals surface area contributed by atoms with E-state index >= 15 is 0 Å². The molecule has 4 rings (SSSR count). The van der Waals surface area contributed by atoms with Crippen molar-refractivity contribution in [1.82, 2.24) is 0 Å². The van der Waals surface area contributed by atoms with E-state index in [0.717, 1.165) is 37.6 Å². The fourth-order valence-corrected chi connectivity index (χ4v) is 5.69. The fourth-order valence-electron chi connectivity index (χ4n) is 5.69. The summed E-state index contributed by atoms with van der Waals surface area (Å²) >= 11 is 0. The third-order valence-electron chi connectivity index (χ3n) is 8.50. The van der Waals surface area contributed by atoms with E-state index in [1.54, 1.807) is 60.7 Å². The minimum atomic E-state index is -0.689. The number of ketones is 2. The van der Waals surface area contributed by atoms with Crippen molar-refractivity contribution < 1.29 is 38.9 Å². The van der Waals surface area contributed by atoms with Crippen molar-refractivity contribution in [2.75, 3.05) is 49.2 Å². The summed E-state index contributed by atoms with van der Waals surface area (Å²) in [5.41, 5.74) is 2.11. The second-order valence-corrected chi connectivity index (χ2v) is 11.5. The van der Waals surface area contributed by atoms with Crippen LogP contribution in [0.3, 0.4) is 0 Å². The highest BCUT2D eigenvalue weighted by molar-refractivity contribution is 6.16. The molecule has 0 aliphatic rings. The number of hydrogen-bond donors (Lipinski definition) is 2. The van der Waals surface area contributed by atoms with Gasteiger partial charge in [-0.25, -0.2) is 9.59 Å². The van der Waals surface area contributed by atoms with Crippen molar-refractivity contribution in [1.29, 1.82) is 0 Å². The summed E-state index contributed by atoms with van der Waals surface area (Å²) in [7, 11) is 0. The molecule has 0 radical (unpaired) electrons. The first-order valence-electron chi connectivity index (χ1n) is 16.9. The summed E-state index contributed by atoms with van der Waals surface area (Å²) in [4.78, 5) is 56.8. The number of carbonyl (C=O) groups excluding carboxylic acids is 4. The van der Waals surface area contributed by atoms with Gasteiger partial charge in [-0.2, -0.15) is 0 Å². The SMILES string of the molecule is CCN(CC)c1ccc(C(=O)c2ccccc2C(=O)OCCCCOC(=O)c2ccccc2C(=O)c2ccc(N(CC)CC)cc2O)c(O)c1. The zero-order chi connectivity index (χ0) is 36.2. The quantitative estimate of drug-likeness (QED) is 0.0679. The molecule has 2 N–H and O–H groups in total. The van der Waals surface area contributed by atoms with E-state index in [9.17, 15) is 29.4 Å². The molecule has 0 aromatic heterocycles. The lowest BCUT2D eigenvalue weighted by molar-refractivity contribution is 0.0431. The number of ether oxygens (including phenoxy) is 2. The number of anilines is 2. The van der Waals surface area contributed by atoms with Crippen LogP contribution in [-0.4, -0.2) is 73.1 Å². The number of nitrogens with zero attached hydrogens (tertiary/aromatic N) is 2. The van der Waals surface area contributed by atoms with Crippen molar-refractivity contribution in [2.45, 2.75) is 40.5 Å². The average Bonchev–Trinajstić information content (AvgIpc) is 3.13. The standard InChI is InChI=1S/C40H44N2O8/c1-5-41(6-2)27-19-21-33(35(43)25-27)37(45)29-15-9-11-17-31(29)39(47)49-23-13-14-24-50-40(48)32-18-12-10-16-30(32)38(46)34-22-20-28(26-36(34)44)42(7-3)8-4/h9-12,15-22,25-26,43-44H,5-8,13-14,23-24H2,1-4H3. The first kappa shape index (κ1) is 37.2. The Balaban J connectivity index is 1.31. The number of esters is 2. The Morgan fingerprint density at radius 2 is 0.840 bits per heavy atom. The summed E-state index contributed by atoms with van der Waals surface area (Å²) in [6.07, 6.45) is 0.742. The molecule has 4 aromatic carbocycles. The summed E-state index contributed by atoms with van der Waals surface area (Å²) in [5, 5.41) is 21.3. The maximum Gasteiger partial charge on any atom is 0.338 e. The van der Waals surface area contributed by atoms with Gasteiger partial charge < -0.3 is 29.5 Å². The van der Waals surface area contributed by atoms with Crippen molar-refractivity contribution >= 4 is 34.9 Å². The topological polar surface area (TPSA) is 134 Å². The number of hydrogen-bond acceptors (Lipinski definition) is 10. The van der Waals surface area contributed by atoms with Crippen LogP contribution in [0.1, 0.15) is 93.1 Å². The Hall–Kier alpha value is -5.64. The average molecular weight is 681 g/mol. The second-order valence-electron chi connectivity index (χ2n) is 11.5. The lowest BCUT2D eigenvalue weighted by Crippen LogP contribution is -2.21. The van der Waals surface area contributed by atoms with Crippen molar-refractivity contribution in [3.05, 3.63) is 118 Å². The second kappa shape index (κ2) is 17.7. The molecular weight excluding hydrogens is 636 g/mol. The van der Waals surface area contributed by atoms with E-state index in [1.807, 2.05) is 37.5 Å². The maximum atomic E-state index is 13.4. The molecule has 262 valence electrons. The number of unbranched alkanes of at least 4 members (excludes halogenated alkanes) is 1. The molecule has 10 nitrogen and oxygen atoms in total. The van der Waals surface area contributed by atoms with E-state index in [-0.39, 0.29) is 58.1 Å². The third kappa shape index (κ3) is 8.68. The van der Waals surface area contributed by atoms with Crippen molar-refractivity contribution in [2.24, 2.45) is 0 Å². The van der Waals surface area contributed by atoms with Crippen LogP contribution >= 0.6 is 0 Å². The molecule has 10 heteroatoms. The molecule has 0 bridgehead atoms. The minimum Gasteiger partial charge on any atom is -0.507 e. The van der Waals surface area contributed by atoms with Crippen LogP contribution in [-0.2, 0) is 9.47 Å². The van der Waals surface area contributed by atoms with Gasteiger partial charge in [-0.1, -0.05) is 36.4 Å². The highest BCUT2D eigenvalue weighted by Crippen LogP contribution is 2.29. The van der Waals surface area contributed by atoms with Crippen molar-refractivity contribution in [3.63, 3.8) is 0 Å². The van der Waals surface area contributed by atoms with Gasteiger partial charge in [-0.15, -0.1) is 0 Å². The van der Waals surface area contributed by atoms with E-state index in [4.69, 9.17) is 9.47 Å². The summed E-state index contributed by atoms with van der Waals surface area (Å²) in [6, 6.07) is 22.3. The van der Waals surface area contributed by atoms with Gasteiger partial charge in [0, 0.05) is 60.8 Å². The first-order chi connectivity index (χ1) is 24.1. The molecule has 0 heterocycles. The van der Waals surface area contributed by atoms with Crippen molar-refractivity contribution in [3.8, 4) is 11.5 Å². The van der Waals surface area contributed by atoms with Gasteiger partial charge in [-0.05, 0) is 76.9 Å². The predicted octanol–water partition coefficient (Wildman–Crippen LogP) is 7.05. The predicted molar refractivity (Wildman–Crippen MR) is 193 cm³/mol. The van der Waals surface area contributed by atoms with Gasteiger partial charge >= 0.3 is 11.9 Å². The number of aromatic hydroxyl groups is 2. The molecule has 4 aromatic rings. The number of rotatable bonds is 17. The molecule has 0 fully saturated rings. The Morgan fingerprint density at radius 1 is 0.500 bits per heavy atom. The van der Waals surface area contributed by atoms with Crippen LogP contribution < -0.4 is 9.80 Å². The Labute approximate surface area is 292 Å². The summed E-state index contributed by atoms with van der Waals surface area (Å²) < 4.78 is 10.9. The Kier molecular flexibility index (Phi) is 13.1. The highest BCUT2D eigenvalue weighted by atomic mass is 16.5. The zero-order valence-electron chi connectivity index (χ0n) is 29.0. The van der Waals surface area contributed by atoms with Crippen LogP contribution in [0.15, 0.2) is 84.9 Å². The largest absolute Gasteiger partial charge is 0.507 e. The Morgan fingerprint density at radius 3 is 1.16 bits per heavy atom. The normalized spacial score (nSPS) is 10.7. The smallest absolute Gasteiger partial charge is 0.338 e. The van der Waals surface area contributed by atoms with Crippen LogP contribution in [0.4, 0.5) is 11.4 Å². The monoisotopic (exact) mass is 680 g/mol. The van der Waals surface area contributed by atoms with Gasteiger partial charge in [0.05, 0.1) is 35.5 Å². The number of carbonyl (C=O) groups is 4. The first-order valence-corrected chi connectivity index (χ1v) is 16.9. The van der Waals surface area contributed by atoms with E-state index < -0.39 is 23.5 Å². The molecule has 0 saturated carbocycles. The van der Waals surface area contributed by atoms with Gasteiger partial charge in [0.2, 0.25) is 0 Å².